The van der Waals surface area contributed by atoms with Crippen molar-refractivity contribution in [1.29, 1.82) is 0 Å². The minimum absolute atomic E-state index is 0.141. The number of nitrogens with one attached hydrogen (secondary N) is 2. The lowest BCUT2D eigenvalue weighted by atomic mass is 10.1. The standard InChI is InChI=1S/C21H23N5O3S2/c1-15-7-2-4-9-17(15)19(27)23-20-24-25-21(30-20)31(28,29)22-12-6-13-26-14-11-16-8-3-5-10-18(16)26/h2-5,7-10,22H,6,11-14H2,1H3,(H,23,24,27). The van der Waals surface area contributed by atoms with Crippen molar-refractivity contribution >= 4 is 38.1 Å². The number of amides is 1. The van der Waals surface area contributed by atoms with Crippen LogP contribution in [0, 0.1) is 6.92 Å². The molecule has 1 aliphatic heterocycles. The number of benzene rings is 2. The third kappa shape index (κ3) is 4.92. The molecule has 0 atom stereocenters. The number of sulfonamides is 1. The Labute approximate surface area is 185 Å². The summed E-state index contributed by atoms with van der Waals surface area (Å²) in [6, 6.07) is 15.4. The van der Waals surface area contributed by atoms with Gasteiger partial charge in [-0.1, -0.05) is 47.7 Å². The lowest BCUT2D eigenvalue weighted by Gasteiger charge is -2.19. The summed E-state index contributed by atoms with van der Waals surface area (Å²) < 4.78 is 27.4. The van der Waals surface area contributed by atoms with Crippen LogP contribution in [0.5, 0.6) is 0 Å². The van der Waals surface area contributed by atoms with Crippen molar-refractivity contribution in [3.05, 3.63) is 65.2 Å². The van der Waals surface area contributed by atoms with Gasteiger partial charge in [-0.2, -0.15) is 0 Å². The van der Waals surface area contributed by atoms with E-state index in [-0.39, 0.29) is 15.4 Å². The van der Waals surface area contributed by atoms with Gasteiger partial charge in [-0.15, -0.1) is 10.2 Å². The van der Waals surface area contributed by atoms with Gasteiger partial charge in [0.05, 0.1) is 0 Å². The van der Waals surface area contributed by atoms with Crippen molar-refractivity contribution < 1.29 is 13.2 Å². The number of carbonyl (C=O) groups is 1. The van der Waals surface area contributed by atoms with E-state index in [1.165, 1.54) is 11.3 Å². The van der Waals surface area contributed by atoms with E-state index < -0.39 is 10.0 Å². The molecule has 0 fully saturated rings. The molecule has 4 rings (SSSR count). The zero-order valence-electron chi connectivity index (χ0n) is 17.0. The Balaban J connectivity index is 1.30. The molecule has 1 aromatic heterocycles. The third-order valence-corrected chi connectivity index (χ3v) is 7.79. The third-order valence-electron chi connectivity index (χ3n) is 5.13. The minimum atomic E-state index is -3.78. The number of carbonyl (C=O) groups excluding carboxylic acids is 1. The van der Waals surface area contributed by atoms with Crippen LogP contribution in [0.3, 0.4) is 0 Å². The molecule has 2 aromatic carbocycles. The van der Waals surface area contributed by atoms with Crippen molar-refractivity contribution in [3.63, 3.8) is 0 Å². The van der Waals surface area contributed by atoms with Gasteiger partial charge in [-0.25, -0.2) is 13.1 Å². The quantitative estimate of drug-likeness (QED) is 0.398. The smallest absolute Gasteiger partial charge is 0.269 e. The predicted octanol–water partition coefficient (Wildman–Crippen LogP) is 2.83. The molecule has 162 valence electrons. The SMILES string of the molecule is Cc1ccccc1C(=O)Nc1nnc(S(=O)(=O)NCCCN2CCc3ccccc32)s1. The van der Waals surface area contributed by atoms with Crippen LogP contribution in [-0.2, 0) is 16.4 Å². The molecule has 3 aromatic rings. The molecule has 0 bridgehead atoms. The van der Waals surface area contributed by atoms with Gasteiger partial charge in [0.15, 0.2) is 0 Å². The molecule has 1 aliphatic rings. The first-order valence-electron chi connectivity index (χ1n) is 9.97. The monoisotopic (exact) mass is 457 g/mol. The van der Waals surface area contributed by atoms with Crippen molar-refractivity contribution in [1.82, 2.24) is 14.9 Å². The van der Waals surface area contributed by atoms with Gasteiger partial charge >= 0.3 is 0 Å². The van der Waals surface area contributed by atoms with Crippen molar-refractivity contribution in [2.45, 2.75) is 24.1 Å². The van der Waals surface area contributed by atoms with Gasteiger partial charge in [-0.05, 0) is 43.0 Å². The number of anilines is 2. The fraction of sp³-hybridized carbons (Fsp3) is 0.286. The highest BCUT2D eigenvalue weighted by molar-refractivity contribution is 7.91. The highest BCUT2D eigenvalue weighted by atomic mass is 32.2. The van der Waals surface area contributed by atoms with Crippen LogP contribution in [-0.4, -0.2) is 44.2 Å². The van der Waals surface area contributed by atoms with Gasteiger partial charge in [-0.3, -0.25) is 10.1 Å². The molecule has 2 heterocycles. The number of rotatable bonds is 8. The molecule has 0 saturated heterocycles. The molecule has 0 radical (unpaired) electrons. The summed E-state index contributed by atoms with van der Waals surface area (Å²) in [4.78, 5) is 14.6. The lowest BCUT2D eigenvalue weighted by Crippen LogP contribution is -2.29. The molecule has 0 aliphatic carbocycles. The molecule has 0 unspecified atom stereocenters. The normalized spacial score (nSPS) is 13.3. The highest BCUT2D eigenvalue weighted by Gasteiger charge is 2.22. The molecule has 31 heavy (non-hydrogen) atoms. The number of aryl methyl sites for hydroxylation is 1. The number of aromatic nitrogens is 2. The van der Waals surface area contributed by atoms with Gasteiger partial charge in [0.25, 0.3) is 15.9 Å². The molecule has 2 N–H and O–H groups in total. The summed E-state index contributed by atoms with van der Waals surface area (Å²) in [6.45, 7) is 3.85. The summed E-state index contributed by atoms with van der Waals surface area (Å²) in [5, 5.41) is 10.3. The zero-order chi connectivity index (χ0) is 21.8. The van der Waals surface area contributed by atoms with Crippen molar-refractivity contribution in [2.24, 2.45) is 0 Å². The van der Waals surface area contributed by atoms with E-state index in [1.54, 1.807) is 12.1 Å². The summed E-state index contributed by atoms with van der Waals surface area (Å²) >= 11 is 0.828. The second-order valence-electron chi connectivity index (χ2n) is 7.26. The van der Waals surface area contributed by atoms with Crippen molar-refractivity contribution in [3.8, 4) is 0 Å². The van der Waals surface area contributed by atoms with Crippen molar-refractivity contribution in [2.75, 3.05) is 29.9 Å². The summed E-state index contributed by atoms with van der Waals surface area (Å²) in [5.74, 6) is -0.350. The Morgan fingerprint density at radius 1 is 1.13 bits per heavy atom. The second-order valence-corrected chi connectivity index (χ2v) is 10.2. The Kier molecular flexibility index (Phi) is 6.30. The van der Waals surface area contributed by atoms with Gasteiger partial charge in [0, 0.05) is 30.9 Å². The number of hydrogen-bond acceptors (Lipinski definition) is 7. The molecular weight excluding hydrogens is 434 g/mol. The van der Waals surface area contributed by atoms with Crippen LogP contribution in [0.4, 0.5) is 10.8 Å². The van der Waals surface area contributed by atoms with Crippen LogP contribution in [0.2, 0.25) is 0 Å². The first kappa shape index (κ1) is 21.4. The van der Waals surface area contributed by atoms with E-state index in [2.05, 4.69) is 37.3 Å². The maximum atomic E-state index is 12.5. The summed E-state index contributed by atoms with van der Waals surface area (Å²) in [7, 11) is -3.78. The van der Waals surface area contributed by atoms with E-state index in [9.17, 15) is 13.2 Å². The van der Waals surface area contributed by atoms with Gasteiger partial charge in [0.1, 0.15) is 0 Å². The number of para-hydroxylation sites is 1. The van der Waals surface area contributed by atoms with E-state index in [1.807, 2.05) is 31.2 Å². The topological polar surface area (TPSA) is 104 Å². The Hall–Kier alpha value is -2.82. The maximum absolute atomic E-state index is 12.5. The summed E-state index contributed by atoms with van der Waals surface area (Å²) in [5.41, 5.74) is 3.88. The van der Waals surface area contributed by atoms with Crippen LogP contribution in [0.15, 0.2) is 52.9 Å². The Morgan fingerprint density at radius 2 is 1.90 bits per heavy atom. The van der Waals surface area contributed by atoms with E-state index in [0.29, 0.717) is 18.5 Å². The largest absolute Gasteiger partial charge is 0.371 e. The van der Waals surface area contributed by atoms with Crippen LogP contribution in [0.25, 0.3) is 0 Å². The maximum Gasteiger partial charge on any atom is 0.269 e. The second kappa shape index (κ2) is 9.13. The van der Waals surface area contributed by atoms with Crippen LogP contribution in [0.1, 0.15) is 27.9 Å². The average Bonchev–Trinajstić information content (AvgIpc) is 3.39. The van der Waals surface area contributed by atoms with Crippen LogP contribution >= 0.6 is 11.3 Å². The molecule has 0 spiro atoms. The highest BCUT2D eigenvalue weighted by Crippen LogP contribution is 2.27. The fourth-order valence-corrected chi connectivity index (χ4v) is 5.55. The van der Waals surface area contributed by atoms with E-state index in [0.717, 1.165) is 36.4 Å². The fourth-order valence-electron chi connectivity index (χ4n) is 3.54. The number of hydrogen-bond donors (Lipinski definition) is 2. The first-order valence-corrected chi connectivity index (χ1v) is 12.3. The van der Waals surface area contributed by atoms with E-state index in [4.69, 9.17) is 0 Å². The minimum Gasteiger partial charge on any atom is -0.371 e. The number of nitrogens with zero attached hydrogens (tertiary/aromatic N) is 3. The Morgan fingerprint density at radius 3 is 2.74 bits per heavy atom. The average molecular weight is 458 g/mol. The predicted molar refractivity (Wildman–Crippen MR) is 121 cm³/mol. The molecule has 10 heteroatoms. The Bertz CT molecular complexity index is 1190. The molecule has 8 nitrogen and oxygen atoms in total. The van der Waals surface area contributed by atoms with Crippen LogP contribution < -0.4 is 14.9 Å². The molecular formula is C21H23N5O3S2. The van der Waals surface area contributed by atoms with Gasteiger partial charge < -0.3 is 4.90 Å². The first-order chi connectivity index (χ1) is 14.9. The number of fused-ring (bicyclic) bond motifs is 1. The van der Waals surface area contributed by atoms with E-state index >= 15 is 0 Å². The van der Waals surface area contributed by atoms with Gasteiger partial charge in [0.2, 0.25) is 9.47 Å². The zero-order valence-corrected chi connectivity index (χ0v) is 18.7. The summed E-state index contributed by atoms with van der Waals surface area (Å²) in [6.07, 6.45) is 1.69. The molecule has 0 saturated carbocycles. The molecule has 1 amide bonds. The lowest BCUT2D eigenvalue weighted by molar-refractivity contribution is 0.102.